The van der Waals surface area contributed by atoms with Gasteiger partial charge < -0.3 is 10.5 Å². The molecular weight excluding hydrogens is 665 g/mol. The molecule has 0 amide bonds. The average molecular weight is 689 g/mol. The molecule has 0 saturated carbocycles. The molecule has 0 aliphatic heterocycles. The molecule has 13 nitrogen and oxygen atoms in total. The number of nitro groups is 2. The predicted molar refractivity (Wildman–Crippen MR) is 181 cm³/mol. The average Bonchev–Trinajstić information content (AvgIpc) is 3.73. The number of hydrogen-bond acceptors (Lipinski definition) is 12. The van der Waals surface area contributed by atoms with Crippen LogP contribution in [0.15, 0.2) is 119 Å². The van der Waals surface area contributed by atoms with Gasteiger partial charge in [0, 0.05) is 46.2 Å². The number of nitrogens with zero attached hydrogens (tertiary/aromatic N) is 4. The molecule has 0 unspecified atom stereocenters. The smallest absolute Gasteiger partial charge is 0.270 e. The summed E-state index contributed by atoms with van der Waals surface area (Å²) in [5, 5.41) is 25.5. The number of non-ortho nitro benzene ring substituents is 2. The molecule has 0 aliphatic carbocycles. The number of anilines is 2. The van der Waals surface area contributed by atoms with E-state index >= 15 is 0 Å². The highest BCUT2D eigenvalue weighted by Gasteiger charge is 2.17. The topological polar surface area (TPSA) is 193 Å². The Hall–Kier alpha value is -5.71. The van der Waals surface area contributed by atoms with Crippen molar-refractivity contribution in [1.29, 1.82) is 0 Å². The van der Waals surface area contributed by atoms with Gasteiger partial charge in [0.05, 0.1) is 26.1 Å². The van der Waals surface area contributed by atoms with Crippen LogP contribution in [-0.2, 0) is 16.6 Å². The summed E-state index contributed by atoms with van der Waals surface area (Å²) >= 11 is 2.40. The Bertz CT molecular complexity index is 2120. The molecule has 6 aromatic rings. The highest BCUT2D eigenvalue weighted by atomic mass is 32.2. The number of nitro benzene ring substituents is 2. The molecule has 0 aliphatic rings. The van der Waals surface area contributed by atoms with E-state index in [4.69, 9.17) is 10.5 Å². The fourth-order valence-corrected chi connectivity index (χ4v) is 6.61. The molecule has 0 atom stereocenters. The number of rotatable bonds is 10. The molecular formula is C31H24N6O7S3. The van der Waals surface area contributed by atoms with Gasteiger partial charge in [0.1, 0.15) is 12.4 Å². The summed E-state index contributed by atoms with van der Waals surface area (Å²) in [5.74, 6) is 0.551. The second kappa shape index (κ2) is 14.6. The summed E-state index contributed by atoms with van der Waals surface area (Å²) in [6.07, 6.45) is 0. The van der Waals surface area contributed by atoms with Crippen molar-refractivity contribution in [2.75, 3.05) is 10.5 Å². The van der Waals surface area contributed by atoms with Gasteiger partial charge in [-0.25, -0.2) is 18.4 Å². The third kappa shape index (κ3) is 8.72. The Kier molecular flexibility index (Phi) is 10.1. The summed E-state index contributed by atoms with van der Waals surface area (Å²) < 4.78 is 33.5. The molecule has 47 heavy (non-hydrogen) atoms. The maximum atomic E-state index is 12.7. The first kappa shape index (κ1) is 32.7. The quantitative estimate of drug-likeness (QED) is 0.108. The second-order valence-electron chi connectivity index (χ2n) is 9.57. The van der Waals surface area contributed by atoms with E-state index in [-0.39, 0.29) is 21.4 Å². The number of ether oxygens (including phenoxy) is 1. The number of hydrogen-bond donors (Lipinski definition) is 2. The van der Waals surface area contributed by atoms with Gasteiger partial charge >= 0.3 is 0 Å². The van der Waals surface area contributed by atoms with E-state index in [9.17, 15) is 28.6 Å². The summed E-state index contributed by atoms with van der Waals surface area (Å²) in [7, 11) is -3.85. The Morgan fingerprint density at radius 3 is 1.87 bits per heavy atom. The van der Waals surface area contributed by atoms with Gasteiger partial charge in [-0.3, -0.25) is 25.0 Å². The van der Waals surface area contributed by atoms with Crippen LogP contribution in [0.2, 0.25) is 0 Å². The molecule has 2 heterocycles. The van der Waals surface area contributed by atoms with Gasteiger partial charge in [0.2, 0.25) is 0 Å². The minimum absolute atomic E-state index is 0.0547. The molecule has 0 spiro atoms. The standard InChI is InChI=1S/C22H17N3O5S2.C9H7N3O2S/c26-25(27)18-8-4-7-17(13-18)21-15-31-22(23-21)24-32(28,29)20-11-9-19(10-12-20)30-14-16-5-2-1-3-6-16;10-9-11-8(5-15-9)6-2-1-3-7(4-6)12(13)14/h1-13,15H,14H2,(H,23,24);1-5H,(H2,10,11). The maximum absolute atomic E-state index is 12.7. The highest BCUT2D eigenvalue weighted by molar-refractivity contribution is 7.93. The van der Waals surface area contributed by atoms with Crippen LogP contribution in [0.25, 0.3) is 22.5 Å². The fraction of sp³-hybridized carbons (Fsp3) is 0.0323. The van der Waals surface area contributed by atoms with Gasteiger partial charge in [0.25, 0.3) is 21.4 Å². The second-order valence-corrected chi connectivity index (χ2v) is 13.0. The lowest BCUT2D eigenvalue weighted by Crippen LogP contribution is -2.12. The van der Waals surface area contributed by atoms with E-state index in [0.29, 0.717) is 40.0 Å². The first-order valence-corrected chi connectivity index (χ1v) is 16.8. The Morgan fingerprint density at radius 2 is 1.32 bits per heavy atom. The first-order valence-electron chi connectivity index (χ1n) is 13.5. The van der Waals surface area contributed by atoms with Crippen LogP contribution in [0.4, 0.5) is 21.6 Å². The molecule has 4 aromatic carbocycles. The van der Waals surface area contributed by atoms with E-state index in [1.165, 1.54) is 47.7 Å². The number of nitrogens with two attached hydrogens (primary N) is 1. The number of nitrogens with one attached hydrogen (secondary N) is 1. The Labute approximate surface area is 276 Å². The van der Waals surface area contributed by atoms with Crippen molar-refractivity contribution in [3.63, 3.8) is 0 Å². The molecule has 0 radical (unpaired) electrons. The van der Waals surface area contributed by atoms with E-state index in [2.05, 4.69) is 14.7 Å². The number of aromatic nitrogens is 2. The Morgan fingerprint density at radius 1 is 0.745 bits per heavy atom. The minimum atomic E-state index is -3.85. The summed E-state index contributed by atoms with van der Waals surface area (Å²) in [5.41, 5.74) is 8.84. The lowest BCUT2D eigenvalue weighted by molar-refractivity contribution is -0.385. The number of benzene rings is 4. The van der Waals surface area contributed by atoms with Gasteiger partial charge in [0.15, 0.2) is 10.3 Å². The van der Waals surface area contributed by atoms with Crippen molar-refractivity contribution in [2.45, 2.75) is 11.5 Å². The van der Waals surface area contributed by atoms with Crippen LogP contribution in [0, 0.1) is 20.2 Å². The van der Waals surface area contributed by atoms with Crippen LogP contribution in [0.1, 0.15) is 5.56 Å². The van der Waals surface area contributed by atoms with Crippen molar-refractivity contribution >= 4 is 54.3 Å². The zero-order valence-corrected chi connectivity index (χ0v) is 26.6. The third-order valence-corrected chi connectivity index (χ3v) is 9.25. The van der Waals surface area contributed by atoms with E-state index in [1.54, 1.807) is 47.2 Å². The van der Waals surface area contributed by atoms with Crippen LogP contribution in [0.3, 0.4) is 0 Å². The fourth-order valence-electron chi connectivity index (χ4n) is 4.06. The molecule has 0 bridgehead atoms. The van der Waals surface area contributed by atoms with E-state index in [1.807, 2.05) is 30.3 Å². The van der Waals surface area contributed by atoms with E-state index < -0.39 is 19.9 Å². The normalized spacial score (nSPS) is 10.8. The summed E-state index contributed by atoms with van der Waals surface area (Å²) in [6, 6.07) is 28.1. The van der Waals surface area contributed by atoms with Crippen molar-refractivity contribution in [2.24, 2.45) is 0 Å². The predicted octanol–water partition coefficient (Wildman–Crippen LogP) is 7.40. The van der Waals surface area contributed by atoms with Gasteiger partial charge in [-0.15, -0.1) is 22.7 Å². The summed E-state index contributed by atoms with van der Waals surface area (Å²) in [4.78, 5) is 29.0. The zero-order valence-electron chi connectivity index (χ0n) is 24.1. The van der Waals surface area contributed by atoms with Gasteiger partial charge in [-0.1, -0.05) is 54.6 Å². The molecule has 238 valence electrons. The third-order valence-electron chi connectivity index (χ3n) is 6.34. The van der Waals surface area contributed by atoms with Crippen LogP contribution >= 0.6 is 22.7 Å². The molecule has 0 saturated heterocycles. The first-order chi connectivity index (χ1) is 22.6. The van der Waals surface area contributed by atoms with Crippen molar-refractivity contribution in [3.05, 3.63) is 140 Å². The molecule has 16 heteroatoms. The molecule has 2 aromatic heterocycles. The largest absolute Gasteiger partial charge is 0.489 e. The van der Waals surface area contributed by atoms with Gasteiger partial charge in [-0.05, 0) is 29.8 Å². The number of thiazole rings is 2. The Balaban J connectivity index is 0.000000241. The van der Waals surface area contributed by atoms with Crippen molar-refractivity contribution < 1.29 is 23.0 Å². The lowest BCUT2D eigenvalue weighted by Gasteiger charge is -2.08. The highest BCUT2D eigenvalue weighted by Crippen LogP contribution is 2.29. The number of sulfonamides is 1. The van der Waals surface area contributed by atoms with Crippen molar-refractivity contribution in [3.8, 4) is 28.3 Å². The molecule has 3 N–H and O–H groups in total. The van der Waals surface area contributed by atoms with Crippen molar-refractivity contribution in [1.82, 2.24) is 9.97 Å². The van der Waals surface area contributed by atoms with Gasteiger partial charge in [-0.2, -0.15) is 0 Å². The molecule has 6 rings (SSSR count). The summed E-state index contributed by atoms with van der Waals surface area (Å²) in [6.45, 7) is 0.380. The minimum Gasteiger partial charge on any atom is -0.489 e. The SMILES string of the molecule is Nc1nc(-c2cccc([N+](=O)[O-])c2)cs1.O=[N+]([O-])c1cccc(-c2csc(NS(=O)(=O)c3ccc(OCc4ccccc4)cc3)n2)c1. The van der Waals surface area contributed by atoms with Crippen LogP contribution in [-0.4, -0.2) is 28.2 Å². The van der Waals surface area contributed by atoms with Crippen LogP contribution in [0.5, 0.6) is 5.75 Å². The monoisotopic (exact) mass is 688 g/mol. The maximum Gasteiger partial charge on any atom is 0.270 e. The lowest BCUT2D eigenvalue weighted by atomic mass is 10.1. The van der Waals surface area contributed by atoms with Crippen LogP contribution < -0.4 is 15.2 Å². The molecule has 0 fully saturated rings. The zero-order chi connectivity index (χ0) is 33.4. The van der Waals surface area contributed by atoms with E-state index in [0.717, 1.165) is 16.9 Å². The number of nitrogen functional groups attached to an aromatic ring is 1.